The molecule has 0 spiro atoms. The molecular formula is C17H20F3N. The van der Waals surface area contributed by atoms with E-state index in [1.165, 1.54) is 25.0 Å². The van der Waals surface area contributed by atoms with Gasteiger partial charge in [0.1, 0.15) is 0 Å². The SMILES string of the molecule is NC1(c2ccccc2C(F)(F)F)CC2CC1C1CCCC21. The summed E-state index contributed by atoms with van der Waals surface area (Å²) < 4.78 is 40.0. The Kier molecular flexibility index (Phi) is 2.76. The van der Waals surface area contributed by atoms with Crippen LogP contribution in [0, 0.1) is 23.7 Å². The van der Waals surface area contributed by atoms with E-state index in [1.807, 2.05) is 0 Å². The van der Waals surface area contributed by atoms with E-state index in [-0.39, 0.29) is 5.92 Å². The van der Waals surface area contributed by atoms with Gasteiger partial charge < -0.3 is 5.73 Å². The van der Waals surface area contributed by atoms with Gasteiger partial charge in [-0.1, -0.05) is 24.6 Å². The van der Waals surface area contributed by atoms with Crippen molar-refractivity contribution in [1.29, 1.82) is 0 Å². The molecule has 114 valence electrons. The van der Waals surface area contributed by atoms with Crippen molar-refractivity contribution in [2.24, 2.45) is 29.4 Å². The van der Waals surface area contributed by atoms with Gasteiger partial charge in [-0.05, 0) is 61.0 Å². The number of rotatable bonds is 1. The fourth-order valence-electron chi connectivity index (χ4n) is 5.64. The van der Waals surface area contributed by atoms with E-state index >= 15 is 0 Å². The smallest absolute Gasteiger partial charge is 0.321 e. The highest BCUT2D eigenvalue weighted by Crippen LogP contribution is 2.64. The molecule has 5 unspecified atom stereocenters. The minimum absolute atomic E-state index is 0.235. The molecule has 21 heavy (non-hydrogen) atoms. The molecule has 4 heteroatoms. The largest absolute Gasteiger partial charge is 0.416 e. The van der Waals surface area contributed by atoms with Gasteiger partial charge in [0, 0.05) is 5.54 Å². The van der Waals surface area contributed by atoms with Crippen molar-refractivity contribution in [3.8, 4) is 0 Å². The van der Waals surface area contributed by atoms with Gasteiger partial charge in [0.25, 0.3) is 0 Å². The lowest BCUT2D eigenvalue weighted by Crippen LogP contribution is -2.47. The van der Waals surface area contributed by atoms with Crippen LogP contribution in [0.25, 0.3) is 0 Å². The number of nitrogens with two attached hydrogens (primary N) is 1. The molecule has 3 fully saturated rings. The second kappa shape index (κ2) is 4.25. The summed E-state index contributed by atoms with van der Waals surface area (Å²) in [6.07, 6.45) is 1.06. The zero-order valence-corrected chi connectivity index (χ0v) is 11.9. The van der Waals surface area contributed by atoms with E-state index < -0.39 is 17.3 Å². The number of halogens is 3. The fraction of sp³-hybridized carbons (Fsp3) is 0.647. The predicted octanol–water partition coefficient (Wildman–Crippen LogP) is 4.32. The Hall–Kier alpha value is -1.03. The van der Waals surface area contributed by atoms with Gasteiger partial charge in [-0.2, -0.15) is 13.2 Å². The highest BCUT2D eigenvalue weighted by Gasteiger charge is 2.60. The van der Waals surface area contributed by atoms with Crippen LogP contribution >= 0.6 is 0 Å². The first-order valence-electron chi connectivity index (χ1n) is 7.87. The quantitative estimate of drug-likeness (QED) is 0.820. The Labute approximate surface area is 122 Å². The monoisotopic (exact) mass is 295 g/mol. The van der Waals surface area contributed by atoms with Crippen molar-refractivity contribution in [2.45, 2.75) is 43.8 Å². The number of fused-ring (bicyclic) bond motifs is 5. The summed E-state index contributed by atoms with van der Waals surface area (Å²) in [5.74, 6) is 2.05. The molecule has 0 aromatic heterocycles. The van der Waals surface area contributed by atoms with Gasteiger partial charge >= 0.3 is 6.18 Å². The van der Waals surface area contributed by atoms with Crippen LogP contribution < -0.4 is 5.73 Å². The van der Waals surface area contributed by atoms with Crippen molar-refractivity contribution in [2.75, 3.05) is 0 Å². The van der Waals surface area contributed by atoms with Crippen molar-refractivity contribution in [1.82, 2.24) is 0 Å². The molecule has 3 saturated carbocycles. The van der Waals surface area contributed by atoms with E-state index in [2.05, 4.69) is 0 Å². The lowest BCUT2D eigenvalue weighted by atomic mass is 9.67. The van der Waals surface area contributed by atoms with Crippen LogP contribution in [0.15, 0.2) is 24.3 Å². The molecule has 2 N–H and O–H groups in total. The Morgan fingerprint density at radius 3 is 2.57 bits per heavy atom. The molecule has 1 aromatic rings. The maximum absolute atomic E-state index is 13.3. The molecule has 2 bridgehead atoms. The Balaban J connectivity index is 1.78. The van der Waals surface area contributed by atoms with Crippen LogP contribution in [-0.2, 0) is 11.7 Å². The van der Waals surface area contributed by atoms with Crippen molar-refractivity contribution < 1.29 is 13.2 Å². The zero-order chi connectivity index (χ0) is 14.8. The lowest BCUT2D eigenvalue weighted by Gasteiger charge is -2.41. The molecule has 0 radical (unpaired) electrons. The summed E-state index contributed by atoms with van der Waals surface area (Å²) in [5, 5.41) is 0. The van der Waals surface area contributed by atoms with Crippen molar-refractivity contribution >= 4 is 0 Å². The van der Waals surface area contributed by atoms with E-state index in [1.54, 1.807) is 12.1 Å². The average Bonchev–Trinajstić information content (AvgIpc) is 3.08. The van der Waals surface area contributed by atoms with Crippen molar-refractivity contribution in [3.63, 3.8) is 0 Å². The first-order valence-corrected chi connectivity index (χ1v) is 7.87. The molecule has 0 heterocycles. The number of hydrogen-bond donors (Lipinski definition) is 1. The lowest BCUT2D eigenvalue weighted by molar-refractivity contribution is -0.139. The van der Waals surface area contributed by atoms with E-state index in [9.17, 15) is 13.2 Å². The molecule has 1 aromatic carbocycles. The Morgan fingerprint density at radius 1 is 1.10 bits per heavy atom. The van der Waals surface area contributed by atoms with Crippen LogP contribution in [0.2, 0.25) is 0 Å². The first kappa shape index (κ1) is 13.6. The van der Waals surface area contributed by atoms with Crippen LogP contribution in [-0.4, -0.2) is 0 Å². The van der Waals surface area contributed by atoms with Crippen LogP contribution in [0.4, 0.5) is 13.2 Å². The third-order valence-electron chi connectivity index (χ3n) is 6.30. The first-order chi connectivity index (χ1) is 9.91. The summed E-state index contributed by atoms with van der Waals surface area (Å²) in [5.41, 5.74) is 5.64. The van der Waals surface area contributed by atoms with Gasteiger partial charge in [0.15, 0.2) is 0 Å². The third-order valence-corrected chi connectivity index (χ3v) is 6.30. The number of alkyl halides is 3. The van der Waals surface area contributed by atoms with Gasteiger partial charge in [-0.15, -0.1) is 0 Å². The number of benzene rings is 1. The molecule has 0 amide bonds. The molecule has 5 atom stereocenters. The van der Waals surface area contributed by atoms with Crippen LogP contribution in [0.5, 0.6) is 0 Å². The molecule has 3 aliphatic rings. The van der Waals surface area contributed by atoms with Gasteiger partial charge in [-0.3, -0.25) is 0 Å². The Bertz CT molecular complexity index is 567. The molecule has 0 saturated heterocycles. The van der Waals surface area contributed by atoms with Crippen LogP contribution in [0.3, 0.4) is 0 Å². The second-order valence-electron chi connectivity index (χ2n) is 7.15. The van der Waals surface area contributed by atoms with E-state index in [4.69, 9.17) is 5.73 Å². The fourth-order valence-corrected chi connectivity index (χ4v) is 5.64. The highest BCUT2D eigenvalue weighted by atomic mass is 19.4. The standard InChI is InChI=1S/C17H20F3N/c18-17(19,20)14-7-2-1-6-13(14)16(21)9-10-8-15(16)12-5-3-4-11(10)12/h1-2,6-7,10-12,15H,3-5,8-9,21H2. The summed E-state index contributed by atoms with van der Waals surface area (Å²) in [6, 6.07) is 5.94. The summed E-state index contributed by atoms with van der Waals surface area (Å²) in [4.78, 5) is 0. The molecule has 3 aliphatic carbocycles. The highest BCUT2D eigenvalue weighted by molar-refractivity contribution is 5.38. The Morgan fingerprint density at radius 2 is 1.81 bits per heavy atom. The molecule has 0 aliphatic heterocycles. The maximum Gasteiger partial charge on any atom is 0.416 e. The van der Waals surface area contributed by atoms with E-state index in [0.717, 1.165) is 25.2 Å². The average molecular weight is 295 g/mol. The maximum atomic E-state index is 13.3. The zero-order valence-electron chi connectivity index (χ0n) is 11.9. The molecule has 4 rings (SSSR count). The summed E-state index contributed by atoms with van der Waals surface area (Å²) >= 11 is 0. The molecule has 1 nitrogen and oxygen atoms in total. The van der Waals surface area contributed by atoms with Gasteiger partial charge in [0.2, 0.25) is 0 Å². The number of hydrogen-bond acceptors (Lipinski definition) is 1. The minimum Gasteiger partial charge on any atom is -0.321 e. The van der Waals surface area contributed by atoms with Gasteiger partial charge in [-0.25, -0.2) is 0 Å². The topological polar surface area (TPSA) is 26.0 Å². The minimum atomic E-state index is -4.32. The predicted molar refractivity (Wildman–Crippen MR) is 74.4 cm³/mol. The normalized spacial score (nSPS) is 41.5. The van der Waals surface area contributed by atoms with Gasteiger partial charge in [0.05, 0.1) is 5.56 Å². The summed E-state index contributed by atoms with van der Waals surface area (Å²) in [7, 11) is 0. The second-order valence-corrected chi connectivity index (χ2v) is 7.15. The van der Waals surface area contributed by atoms with E-state index in [0.29, 0.717) is 17.4 Å². The third kappa shape index (κ3) is 1.81. The van der Waals surface area contributed by atoms with Crippen LogP contribution in [0.1, 0.15) is 43.2 Å². The molecular weight excluding hydrogens is 275 g/mol. The summed E-state index contributed by atoms with van der Waals surface area (Å²) in [6.45, 7) is 0. The van der Waals surface area contributed by atoms with Crippen molar-refractivity contribution in [3.05, 3.63) is 35.4 Å².